The number of rotatable bonds is 8. The number of fused-ring (bicyclic) bond motifs is 1. The standard InChI is InChI=1S/C27H26ClF3N4O3/c1-15(2)24(33-26(37)27(3,30)31)25(16-9-18(28)12-19(29)10-16)38-21-6-7-22-17(11-21)13-32-35(22)20-5-8-23(36)34(4)14-20/h5-15,24-25H,1-4H3,(H,33,37)/t24?,25-/m1/s1. The molecule has 200 valence electrons. The first kappa shape index (κ1) is 27.3. The van der Waals surface area contributed by atoms with Gasteiger partial charge >= 0.3 is 5.92 Å². The minimum absolute atomic E-state index is 0.0947. The van der Waals surface area contributed by atoms with Crippen LogP contribution in [0.4, 0.5) is 13.2 Å². The van der Waals surface area contributed by atoms with Gasteiger partial charge in [0.15, 0.2) is 0 Å². The second-order valence-electron chi connectivity index (χ2n) is 9.49. The Kier molecular flexibility index (Phi) is 7.55. The number of alkyl halides is 2. The van der Waals surface area contributed by atoms with Crippen molar-refractivity contribution in [1.82, 2.24) is 19.7 Å². The maximum atomic E-state index is 14.3. The first-order valence-electron chi connectivity index (χ1n) is 11.8. The highest BCUT2D eigenvalue weighted by Gasteiger charge is 2.38. The molecule has 0 bridgehead atoms. The van der Waals surface area contributed by atoms with Gasteiger partial charge in [0.05, 0.1) is 23.4 Å². The number of benzene rings is 2. The molecule has 2 aromatic carbocycles. The first-order chi connectivity index (χ1) is 17.8. The third-order valence-electron chi connectivity index (χ3n) is 6.07. The van der Waals surface area contributed by atoms with Gasteiger partial charge in [-0.3, -0.25) is 9.59 Å². The van der Waals surface area contributed by atoms with E-state index in [9.17, 15) is 22.8 Å². The van der Waals surface area contributed by atoms with Gasteiger partial charge in [0.25, 0.3) is 5.91 Å². The summed E-state index contributed by atoms with van der Waals surface area (Å²) in [6.45, 7) is 3.97. The summed E-state index contributed by atoms with van der Waals surface area (Å²) in [5.41, 5.74) is 1.51. The molecule has 2 atom stereocenters. The van der Waals surface area contributed by atoms with Gasteiger partial charge in [-0.05, 0) is 53.9 Å². The Morgan fingerprint density at radius 1 is 1.13 bits per heavy atom. The zero-order valence-electron chi connectivity index (χ0n) is 21.1. The summed E-state index contributed by atoms with van der Waals surface area (Å²) in [6.07, 6.45) is 2.22. The molecule has 0 aliphatic carbocycles. The number of carbonyl (C=O) groups is 1. The van der Waals surface area contributed by atoms with Crippen LogP contribution in [0, 0.1) is 11.7 Å². The van der Waals surface area contributed by atoms with Crippen LogP contribution in [0.3, 0.4) is 0 Å². The van der Waals surface area contributed by atoms with Crippen molar-refractivity contribution in [1.29, 1.82) is 0 Å². The van der Waals surface area contributed by atoms with Crippen LogP contribution in [-0.4, -0.2) is 32.2 Å². The number of ether oxygens (including phenoxy) is 1. The van der Waals surface area contributed by atoms with Crippen molar-refractivity contribution >= 4 is 28.4 Å². The van der Waals surface area contributed by atoms with E-state index >= 15 is 0 Å². The number of amides is 1. The largest absolute Gasteiger partial charge is 0.484 e. The summed E-state index contributed by atoms with van der Waals surface area (Å²) in [5.74, 6) is -5.76. The normalized spacial score (nSPS) is 13.5. The van der Waals surface area contributed by atoms with Crippen molar-refractivity contribution in [3.63, 3.8) is 0 Å². The number of nitrogens with zero attached hydrogens (tertiary/aromatic N) is 3. The SMILES string of the molecule is CC(C)C(NC(=O)C(C)(F)F)[C@H](Oc1ccc2c(cnn2-c2ccc(=O)n(C)c2)c1)c1cc(F)cc(Cl)c1. The smallest absolute Gasteiger partial charge is 0.321 e. The summed E-state index contributed by atoms with van der Waals surface area (Å²) in [5, 5.41) is 7.56. The van der Waals surface area contributed by atoms with Gasteiger partial charge < -0.3 is 14.6 Å². The Morgan fingerprint density at radius 3 is 2.50 bits per heavy atom. The number of aromatic nitrogens is 3. The van der Waals surface area contributed by atoms with Crippen molar-refractivity contribution in [2.45, 2.75) is 38.8 Å². The third-order valence-corrected chi connectivity index (χ3v) is 6.29. The predicted molar refractivity (Wildman–Crippen MR) is 138 cm³/mol. The van der Waals surface area contributed by atoms with Gasteiger partial charge in [0.2, 0.25) is 5.56 Å². The molecule has 0 fully saturated rings. The molecule has 2 aromatic heterocycles. The topological polar surface area (TPSA) is 78.2 Å². The Bertz CT molecular complexity index is 1520. The molecule has 2 heterocycles. The van der Waals surface area contributed by atoms with Crippen LogP contribution in [0.5, 0.6) is 5.75 Å². The molecule has 0 radical (unpaired) electrons. The van der Waals surface area contributed by atoms with Crippen LogP contribution in [-0.2, 0) is 11.8 Å². The monoisotopic (exact) mass is 546 g/mol. The van der Waals surface area contributed by atoms with E-state index in [0.717, 1.165) is 11.6 Å². The quantitative estimate of drug-likeness (QED) is 0.319. The molecular weight excluding hydrogens is 521 g/mol. The van der Waals surface area contributed by atoms with E-state index in [2.05, 4.69) is 10.4 Å². The first-order valence-corrected chi connectivity index (χ1v) is 12.2. The molecule has 38 heavy (non-hydrogen) atoms. The lowest BCUT2D eigenvalue weighted by molar-refractivity contribution is -0.145. The number of hydrogen-bond acceptors (Lipinski definition) is 4. The average Bonchev–Trinajstić information content (AvgIpc) is 3.24. The number of carbonyl (C=O) groups excluding carboxylic acids is 1. The number of hydrogen-bond donors (Lipinski definition) is 1. The second kappa shape index (κ2) is 10.5. The minimum atomic E-state index is -3.62. The van der Waals surface area contributed by atoms with Crippen molar-refractivity contribution in [3.05, 3.63) is 87.7 Å². The molecule has 1 unspecified atom stereocenters. The highest BCUT2D eigenvalue weighted by molar-refractivity contribution is 6.30. The van der Waals surface area contributed by atoms with Crippen LogP contribution in [0.1, 0.15) is 32.4 Å². The van der Waals surface area contributed by atoms with Gasteiger partial charge in [0, 0.05) is 36.6 Å². The van der Waals surface area contributed by atoms with Crippen LogP contribution in [0.25, 0.3) is 16.6 Å². The van der Waals surface area contributed by atoms with E-state index in [1.54, 1.807) is 62.2 Å². The minimum Gasteiger partial charge on any atom is -0.484 e. The van der Waals surface area contributed by atoms with Crippen molar-refractivity contribution in [3.8, 4) is 11.4 Å². The summed E-state index contributed by atoms with van der Waals surface area (Å²) in [7, 11) is 1.64. The number of pyridine rings is 1. The molecule has 0 saturated heterocycles. The molecule has 1 N–H and O–H groups in total. The zero-order valence-corrected chi connectivity index (χ0v) is 21.8. The fraction of sp³-hybridized carbons (Fsp3) is 0.296. The van der Waals surface area contributed by atoms with E-state index in [1.807, 2.05) is 0 Å². The van der Waals surface area contributed by atoms with Crippen molar-refractivity contribution in [2.24, 2.45) is 13.0 Å². The summed E-state index contributed by atoms with van der Waals surface area (Å²) in [4.78, 5) is 24.0. The highest BCUT2D eigenvalue weighted by atomic mass is 35.5. The Hall–Kier alpha value is -3.79. The molecule has 0 aliphatic heterocycles. The molecule has 11 heteroatoms. The lowest BCUT2D eigenvalue weighted by Gasteiger charge is -2.32. The van der Waals surface area contributed by atoms with Crippen LogP contribution < -0.4 is 15.6 Å². The maximum absolute atomic E-state index is 14.3. The summed E-state index contributed by atoms with van der Waals surface area (Å²) < 4.78 is 51.1. The number of aryl methyl sites for hydroxylation is 1. The van der Waals surface area contributed by atoms with E-state index in [0.29, 0.717) is 23.7 Å². The van der Waals surface area contributed by atoms with E-state index in [4.69, 9.17) is 16.3 Å². The van der Waals surface area contributed by atoms with Crippen LogP contribution >= 0.6 is 11.6 Å². The number of nitrogens with one attached hydrogen (secondary N) is 1. The number of halogens is 4. The van der Waals surface area contributed by atoms with Gasteiger partial charge in [-0.1, -0.05) is 25.4 Å². The third kappa shape index (κ3) is 5.85. The van der Waals surface area contributed by atoms with Gasteiger partial charge in [-0.25, -0.2) is 9.07 Å². The van der Waals surface area contributed by atoms with E-state index in [-0.39, 0.29) is 22.1 Å². The average molecular weight is 547 g/mol. The summed E-state index contributed by atoms with van der Waals surface area (Å²) in [6, 6.07) is 11.0. The molecule has 1 amide bonds. The van der Waals surface area contributed by atoms with Crippen LogP contribution in [0.2, 0.25) is 5.02 Å². The molecule has 4 aromatic rings. The lowest BCUT2D eigenvalue weighted by atomic mass is 9.92. The Morgan fingerprint density at radius 2 is 1.87 bits per heavy atom. The van der Waals surface area contributed by atoms with Gasteiger partial charge in [0.1, 0.15) is 17.7 Å². The van der Waals surface area contributed by atoms with Gasteiger partial charge in [-0.15, -0.1) is 0 Å². The Labute approximate surface area is 221 Å². The molecular formula is C27H26ClF3N4O3. The van der Waals surface area contributed by atoms with Crippen molar-refractivity contribution < 1.29 is 22.7 Å². The molecule has 0 spiro atoms. The fourth-order valence-corrected chi connectivity index (χ4v) is 4.33. The molecule has 0 aliphatic rings. The highest BCUT2D eigenvalue weighted by Crippen LogP contribution is 2.33. The van der Waals surface area contributed by atoms with E-state index in [1.165, 1.54) is 22.8 Å². The molecule has 7 nitrogen and oxygen atoms in total. The summed E-state index contributed by atoms with van der Waals surface area (Å²) >= 11 is 6.08. The lowest BCUT2D eigenvalue weighted by Crippen LogP contribution is -2.49. The molecule has 4 rings (SSSR count). The van der Waals surface area contributed by atoms with E-state index < -0.39 is 29.8 Å². The maximum Gasteiger partial charge on any atom is 0.321 e. The second-order valence-corrected chi connectivity index (χ2v) is 9.92. The Balaban J connectivity index is 1.74. The molecule has 0 saturated carbocycles. The van der Waals surface area contributed by atoms with Gasteiger partial charge in [-0.2, -0.15) is 13.9 Å². The zero-order chi connectivity index (χ0) is 27.8. The van der Waals surface area contributed by atoms with Crippen LogP contribution in [0.15, 0.2) is 65.7 Å². The van der Waals surface area contributed by atoms with Crippen molar-refractivity contribution in [2.75, 3.05) is 0 Å². The predicted octanol–water partition coefficient (Wildman–Crippen LogP) is 5.43. The fourth-order valence-electron chi connectivity index (χ4n) is 4.10.